The molecule has 0 spiro atoms. The number of rotatable bonds is 10. The van der Waals surface area contributed by atoms with Crippen LogP contribution in [0, 0.1) is 11.8 Å². The van der Waals surface area contributed by atoms with Gasteiger partial charge in [0.1, 0.15) is 0 Å². The summed E-state index contributed by atoms with van der Waals surface area (Å²) in [5.41, 5.74) is 11.5. The van der Waals surface area contributed by atoms with Gasteiger partial charge in [0.2, 0.25) is 0 Å². The van der Waals surface area contributed by atoms with Gasteiger partial charge in [-0.15, -0.1) is 52.8 Å². The number of hydrogen-bond donors (Lipinski definition) is 0. The lowest BCUT2D eigenvalue weighted by molar-refractivity contribution is 0.844. The summed E-state index contributed by atoms with van der Waals surface area (Å²) in [4.78, 5) is 2.67. The van der Waals surface area contributed by atoms with Crippen LogP contribution in [0.1, 0.15) is 49.9 Å². The third kappa shape index (κ3) is 9.29. The molecular weight excluding hydrogens is 829 g/mol. The SMILES string of the molecule is CSC1=C(SC)SC(=C2SC=C(c3ccc(C(=C=C(c4ccc(C5=CSC(=C6SC(SC)=C(SC)S6)S5)cc4)C(C)C)C(C)C)cc3)S2)S1. The first-order chi connectivity index (χ1) is 23.7. The zero-order chi connectivity index (χ0) is 34.7. The standard InChI is InChI=1S/C37H36S12/c1-20(2)26(22-9-13-24(14-10-22)28-18-42-34(44-28)36-46-30(38-5)31(39-6)47-36)17-27(21(3)4)23-11-15-25(16-12-23)29-19-43-35(45-29)37-48-32(40-7)33(41-8)49-37/h9-16,18-21H,1-8H3. The van der Waals surface area contributed by atoms with E-state index in [0.717, 1.165) is 0 Å². The van der Waals surface area contributed by atoms with Gasteiger partial charge in [0.25, 0.3) is 0 Å². The van der Waals surface area contributed by atoms with Crippen LogP contribution in [0.2, 0.25) is 0 Å². The lowest BCUT2D eigenvalue weighted by Gasteiger charge is -2.15. The van der Waals surface area contributed by atoms with Crippen molar-refractivity contribution in [3.63, 3.8) is 0 Å². The van der Waals surface area contributed by atoms with Crippen LogP contribution in [0.3, 0.4) is 0 Å². The summed E-state index contributed by atoms with van der Waals surface area (Å²) in [6.45, 7) is 9.14. The van der Waals surface area contributed by atoms with Crippen molar-refractivity contribution >= 4 is 162 Å². The lowest BCUT2D eigenvalue weighted by Crippen LogP contribution is -1.97. The van der Waals surface area contributed by atoms with E-state index in [0.29, 0.717) is 11.8 Å². The largest absolute Gasteiger partial charge is 0.121 e. The fraction of sp³-hybridized carbons (Fsp3) is 0.270. The van der Waals surface area contributed by atoms with E-state index >= 15 is 0 Å². The second-order valence-corrected chi connectivity index (χ2v) is 24.6. The summed E-state index contributed by atoms with van der Waals surface area (Å²) < 4.78 is 11.4. The molecule has 0 bridgehead atoms. The van der Waals surface area contributed by atoms with Crippen LogP contribution in [0.15, 0.2) is 99.0 Å². The Balaban J connectivity index is 1.19. The van der Waals surface area contributed by atoms with Crippen LogP contribution in [-0.4, -0.2) is 25.0 Å². The number of allylic oxidation sites excluding steroid dienone is 1. The number of thioether (sulfide) groups is 12. The zero-order valence-corrected chi connectivity index (χ0v) is 38.1. The van der Waals surface area contributed by atoms with Gasteiger partial charge in [0, 0.05) is 21.0 Å². The first-order valence-electron chi connectivity index (χ1n) is 15.4. The summed E-state index contributed by atoms with van der Waals surface area (Å²) in [6, 6.07) is 18.3. The van der Waals surface area contributed by atoms with E-state index in [1.54, 1.807) is 0 Å². The highest BCUT2D eigenvalue weighted by atomic mass is 32.3. The highest BCUT2D eigenvalue weighted by Gasteiger charge is 2.28. The maximum atomic E-state index is 3.93. The van der Waals surface area contributed by atoms with Crippen molar-refractivity contribution in [1.29, 1.82) is 0 Å². The minimum absolute atomic E-state index is 0.355. The molecule has 2 aromatic rings. The van der Waals surface area contributed by atoms with E-state index in [-0.39, 0.29) is 0 Å². The predicted molar refractivity (Wildman–Crippen MR) is 252 cm³/mol. The van der Waals surface area contributed by atoms with E-state index in [9.17, 15) is 0 Å². The van der Waals surface area contributed by atoms with Gasteiger partial charge in [0.15, 0.2) is 0 Å². The van der Waals surface area contributed by atoms with Gasteiger partial charge in [-0.05, 0) is 69.9 Å². The molecule has 0 aromatic heterocycles. The molecule has 6 rings (SSSR count). The quantitative estimate of drug-likeness (QED) is 0.209. The fourth-order valence-electron chi connectivity index (χ4n) is 5.03. The Morgan fingerprint density at radius 2 is 0.796 bits per heavy atom. The van der Waals surface area contributed by atoms with Gasteiger partial charge < -0.3 is 0 Å². The maximum absolute atomic E-state index is 3.93. The molecule has 0 fully saturated rings. The summed E-state index contributed by atoms with van der Waals surface area (Å²) in [5, 5.41) is 4.64. The molecule has 4 heterocycles. The van der Waals surface area contributed by atoms with E-state index in [1.807, 2.05) is 141 Å². The topological polar surface area (TPSA) is 0 Å². The Morgan fingerprint density at radius 3 is 1.08 bits per heavy atom. The molecule has 4 aliphatic rings. The van der Waals surface area contributed by atoms with Crippen LogP contribution in [0.25, 0.3) is 21.0 Å². The average Bonchev–Trinajstić information content (AvgIpc) is 3.94. The van der Waals surface area contributed by atoms with E-state index in [2.05, 4.69) is 118 Å². The monoisotopic (exact) mass is 864 g/mol. The molecule has 0 unspecified atom stereocenters. The molecule has 256 valence electrons. The van der Waals surface area contributed by atoms with E-state index < -0.39 is 0 Å². The summed E-state index contributed by atoms with van der Waals surface area (Å²) >= 11 is 22.7. The van der Waals surface area contributed by atoms with Crippen molar-refractivity contribution in [3.05, 3.63) is 121 Å². The highest BCUT2D eigenvalue weighted by molar-refractivity contribution is 8.43. The molecule has 49 heavy (non-hydrogen) atoms. The second-order valence-electron chi connectivity index (χ2n) is 11.3. The van der Waals surface area contributed by atoms with E-state index in [4.69, 9.17) is 0 Å². The molecule has 0 N–H and O–H groups in total. The molecule has 0 nitrogen and oxygen atoms in total. The summed E-state index contributed by atoms with van der Waals surface area (Å²) in [7, 11) is 0. The predicted octanol–water partition coefficient (Wildman–Crippen LogP) is 16.5. The van der Waals surface area contributed by atoms with Gasteiger partial charge in [-0.2, -0.15) is 0 Å². The molecule has 2 aromatic carbocycles. The smallest absolute Gasteiger partial charge is 0.0717 e. The van der Waals surface area contributed by atoms with Crippen molar-refractivity contribution in [2.75, 3.05) is 25.0 Å². The van der Waals surface area contributed by atoms with Crippen LogP contribution in [0.5, 0.6) is 0 Å². The van der Waals surface area contributed by atoms with Gasteiger partial charge in [-0.1, -0.05) is 170 Å². The van der Waals surface area contributed by atoms with E-state index in [1.165, 1.54) is 77.1 Å². The third-order valence-electron chi connectivity index (χ3n) is 7.49. The molecule has 0 saturated heterocycles. The Morgan fingerprint density at radius 1 is 0.469 bits per heavy atom. The number of hydrogen-bond acceptors (Lipinski definition) is 12. The third-order valence-corrected chi connectivity index (χ3v) is 23.8. The normalized spacial score (nSPS) is 18.1. The molecule has 12 heteroatoms. The zero-order valence-electron chi connectivity index (χ0n) is 28.3. The summed E-state index contributed by atoms with van der Waals surface area (Å²) in [6.07, 6.45) is 8.71. The average molecular weight is 865 g/mol. The summed E-state index contributed by atoms with van der Waals surface area (Å²) in [5.74, 6) is 0.710. The molecule has 4 aliphatic heterocycles. The van der Waals surface area contributed by atoms with Gasteiger partial charge in [-0.25, -0.2) is 0 Å². The van der Waals surface area contributed by atoms with Crippen molar-refractivity contribution in [2.24, 2.45) is 11.8 Å². The van der Waals surface area contributed by atoms with Crippen LogP contribution in [0.4, 0.5) is 0 Å². The van der Waals surface area contributed by atoms with Gasteiger partial charge >= 0.3 is 0 Å². The lowest BCUT2D eigenvalue weighted by atomic mass is 9.90. The van der Waals surface area contributed by atoms with Crippen molar-refractivity contribution < 1.29 is 0 Å². The molecule has 0 saturated carbocycles. The van der Waals surface area contributed by atoms with Crippen molar-refractivity contribution in [1.82, 2.24) is 0 Å². The van der Waals surface area contributed by atoms with Gasteiger partial charge in [-0.3, -0.25) is 0 Å². The fourth-order valence-corrected chi connectivity index (χ4v) is 20.3. The Bertz CT molecular complexity index is 1690. The maximum Gasteiger partial charge on any atom is 0.0717 e. The molecule has 0 amide bonds. The first kappa shape index (κ1) is 39.3. The molecule has 0 atom stereocenters. The minimum atomic E-state index is 0.355. The Kier molecular flexibility index (Phi) is 14.7. The number of benzene rings is 2. The minimum Gasteiger partial charge on any atom is -0.121 e. The Labute approximate surface area is 344 Å². The molecular formula is C37H36S12. The second kappa shape index (κ2) is 18.3. The van der Waals surface area contributed by atoms with Crippen LogP contribution < -0.4 is 0 Å². The molecule has 0 radical (unpaired) electrons. The highest BCUT2D eigenvalue weighted by Crippen LogP contribution is 2.64. The van der Waals surface area contributed by atoms with Crippen LogP contribution >= 0.6 is 141 Å². The van der Waals surface area contributed by atoms with Gasteiger partial charge in [0.05, 0.1) is 33.9 Å². The van der Waals surface area contributed by atoms with Crippen molar-refractivity contribution in [2.45, 2.75) is 27.7 Å². The first-order valence-corrected chi connectivity index (χ1v) is 26.9. The van der Waals surface area contributed by atoms with Crippen molar-refractivity contribution in [3.8, 4) is 0 Å². The Hall–Kier alpha value is 0.600. The molecule has 0 aliphatic carbocycles. The van der Waals surface area contributed by atoms with Crippen LogP contribution in [-0.2, 0) is 0 Å².